The van der Waals surface area contributed by atoms with Gasteiger partial charge in [-0.25, -0.2) is 4.39 Å². The summed E-state index contributed by atoms with van der Waals surface area (Å²) in [5, 5.41) is 0. The van der Waals surface area contributed by atoms with E-state index in [-0.39, 0.29) is 36.3 Å². The highest BCUT2D eigenvalue weighted by atomic mass is 19.1. The summed E-state index contributed by atoms with van der Waals surface area (Å²) in [5.74, 6) is -0.215. The maximum absolute atomic E-state index is 13.4. The Labute approximate surface area is 128 Å². The molecular weight excluding hydrogens is 289 g/mol. The third-order valence-corrected chi connectivity index (χ3v) is 3.88. The van der Waals surface area contributed by atoms with Gasteiger partial charge in [-0.15, -0.1) is 0 Å². The molecule has 0 aromatic heterocycles. The number of halogens is 1. The number of rotatable bonds is 6. The lowest BCUT2D eigenvalue weighted by atomic mass is 10.1. The molecule has 2 saturated heterocycles. The highest BCUT2D eigenvalue weighted by Gasteiger charge is 2.32. The predicted molar refractivity (Wildman–Crippen MR) is 77.2 cm³/mol. The fourth-order valence-electron chi connectivity index (χ4n) is 2.58. The summed E-state index contributed by atoms with van der Waals surface area (Å²) >= 11 is 0. The molecule has 0 bridgehead atoms. The molecule has 2 heterocycles. The number of likely N-dealkylation sites (tertiary alicyclic amines) is 1. The lowest BCUT2D eigenvalue weighted by Crippen LogP contribution is -2.57. The second-order valence-corrected chi connectivity index (χ2v) is 5.62. The predicted octanol–water partition coefficient (Wildman–Crippen LogP) is 1.61. The highest BCUT2D eigenvalue weighted by molar-refractivity contribution is 5.78. The summed E-state index contributed by atoms with van der Waals surface area (Å²) in [4.78, 5) is 13.5. The van der Waals surface area contributed by atoms with Crippen LogP contribution in [0, 0.1) is 5.82 Å². The van der Waals surface area contributed by atoms with E-state index in [4.69, 9.17) is 14.2 Å². The van der Waals surface area contributed by atoms with Gasteiger partial charge in [0.25, 0.3) is 0 Å². The van der Waals surface area contributed by atoms with Gasteiger partial charge in [-0.1, -0.05) is 12.1 Å². The van der Waals surface area contributed by atoms with Gasteiger partial charge < -0.3 is 19.1 Å². The third-order valence-electron chi connectivity index (χ3n) is 3.88. The lowest BCUT2D eigenvalue weighted by Gasteiger charge is -2.38. The SMILES string of the molecule is O=C(COC[C@@H]1CCCO1)N1CC(Oc2ccccc2F)C1. The Morgan fingerprint density at radius 1 is 1.36 bits per heavy atom. The summed E-state index contributed by atoms with van der Waals surface area (Å²) in [6.07, 6.45) is 2.03. The van der Waals surface area contributed by atoms with Gasteiger partial charge in [0, 0.05) is 6.61 Å². The van der Waals surface area contributed by atoms with Crippen molar-refractivity contribution in [3.63, 3.8) is 0 Å². The van der Waals surface area contributed by atoms with Crippen molar-refractivity contribution in [2.45, 2.75) is 25.0 Å². The molecule has 2 fully saturated rings. The molecule has 1 atom stereocenters. The van der Waals surface area contributed by atoms with Gasteiger partial charge in [0.05, 0.1) is 25.8 Å². The van der Waals surface area contributed by atoms with Crippen LogP contribution in [-0.2, 0) is 14.3 Å². The summed E-state index contributed by atoms with van der Waals surface area (Å²) in [6, 6.07) is 6.28. The molecule has 22 heavy (non-hydrogen) atoms. The Morgan fingerprint density at radius 3 is 2.91 bits per heavy atom. The molecule has 5 nitrogen and oxygen atoms in total. The van der Waals surface area contributed by atoms with E-state index in [1.165, 1.54) is 6.07 Å². The molecule has 0 radical (unpaired) electrons. The second-order valence-electron chi connectivity index (χ2n) is 5.62. The van der Waals surface area contributed by atoms with E-state index in [0.29, 0.717) is 19.7 Å². The van der Waals surface area contributed by atoms with Crippen LogP contribution in [0.3, 0.4) is 0 Å². The van der Waals surface area contributed by atoms with Gasteiger partial charge in [0.2, 0.25) is 5.91 Å². The van der Waals surface area contributed by atoms with Crippen LogP contribution < -0.4 is 4.74 Å². The summed E-state index contributed by atoms with van der Waals surface area (Å²) in [5.41, 5.74) is 0. The van der Waals surface area contributed by atoms with Crippen LogP contribution in [0.2, 0.25) is 0 Å². The molecule has 0 spiro atoms. The molecule has 120 valence electrons. The number of para-hydroxylation sites is 1. The summed E-state index contributed by atoms with van der Waals surface area (Å²) < 4.78 is 29.8. The van der Waals surface area contributed by atoms with E-state index < -0.39 is 0 Å². The summed E-state index contributed by atoms with van der Waals surface area (Å²) in [7, 11) is 0. The highest BCUT2D eigenvalue weighted by Crippen LogP contribution is 2.21. The Balaban J connectivity index is 1.34. The van der Waals surface area contributed by atoms with Gasteiger partial charge >= 0.3 is 0 Å². The molecule has 2 aliphatic rings. The molecule has 1 aromatic carbocycles. The average Bonchev–Trinajstić information content (AvgIpc) is 2.97. The fraction of sp³-hybridized carbons (Fsp3) is 0.562. The van der Waals surface area contributed by atoms with Crippen LogP contribution in [-0.4, -0.2) is 55.9 Å². The second kappa shape index (κ2) is 7.07. The quantitative estimate of drug-likeness (QED) is 0.801. The van der Waals surface area contributed by atoms with Crippen LogP contribution in [0.4, 0.5) is 4.39 Å². The fourth-order valence-corrected chi connectivity index (χ4v) is 2.58. The van der Waals surface area contributed by atoms with Crippen molar-refractivity contribution < 1.29 is 23.4 Å². The van der Waals surface area contributed by atoms with Crippen LogP contribution >= 0.6 is 0 Å². The molecule has 0 unspecified atom stereocenters. The molecule has 1 amide bonds. The first kappa shape index (κ1) is 15.2. The van der Waals surface area contributed by atoms with E-state index in [1.54, 1.807) is 23.1 Å². The van der Waals surface area contributed by atoms with E-state index in [9.17, 15) is 9.18 Å². The van der Waals surface area contributed by atoms with E-state index >= 15 is 0 Å². The molecular formula is C16H20FNO4. The van der Waals surface area contributed by atoms with Gasteiger partial charge in [0.15, 0.2) is 11.6 Å². The number of carbonyl (C=O) groups excluding carboxylic acids is 1. The maximum atomic E-state index is 13.4. The van der Waals surface area contributed by atoms with Gasteiger partial charge in [-0.3, -0.25) is 4.79 Å². The van der Waals surface area contributed by atoms with E-state index in [1.807, 2.05) is 0 Å². The van der Waals surface area contributed by atoms with Crippen molar-refractivity contribution in [3.05, 3.63) is 30.1 Å². The minimum Gasteiger partial charge on any atom is -0.484 e. The van der Waals surface area contributed by atoms with Gasteiger partial charge in [0.1, 0.15) is 12.7 Å². The zero-order chi connectivity index (χ0) is 15.4. The topological polar surface area (TPSA) is 48.0 Å². The standard InChI is InChI=1S/C16H20FNO4/c17-14-5-1-2-6-15(14)22-13-8-18(9-13)16(19)11-20-10-12-4-3-7-21-12/h1-2,5-6,12-13H,3-4,7-11H2/t12-/m0/s1. The van der Waals surface area contributed by atoms with Gasteiger partial charge in [-0.05, 0) is 25.0 Å². The molecule has 0 N–H and O–H groups in total. The molecule has 0 aliphatic carbocycles. The number of benzene rings is 1. The van der Waals surface area contributed by atoms with Crippen LogP contribution in [0.1, 0.15) is 12.8 Å². The minimum atomic E-state index is -0.382. The van der Waals surface area contributed by atoms with Gasteiger partial charge in [-0.2, -0.15) is 0 Å². The zero-order valence-corrected chi connectivity index (χ0v) is 12.4. The first-order valence-corrected chi connectivity index (χ1v) is 7.60. The number of carbonyl (C=O) groups is 1. The monoisotopic (exact) mass is 309 g/mol. The number of amides is 1. The molecule has 0 saturated carbocycles. The lowest BCUT2D eigenvalue weighted by molar-refractivity contribution is -0.146. The normalized spacial score (nSPS) is 21.7. The Bertz CT molecular complexity index is 513. The van der Waals surface area contributed by atoms with Crippen LogP contribution in [0.5, 0.6) is 5.75 Å². The van der Waals surface area contributed by atoms with Crippen molar-refractivity contribution in [2.24, 2.45) is 0 Å². The van der Waals surface area contributed by atoms with Crippen molar-refractivity contribution in [1.29, 1.82) is 0 Å². The summed E-state index contributed by atoms with van der Waals surface area (Å²) in [6.45, 7) is 2.25. The number of nitrogens with zero attached hydrogens (tertiary/aromatic N) is 1. The Hall–Kier alpha value is -1.66. The zero-order valence-electron chi connectivity index (χ0n) is 12.4. The number of hydrogen-bond donors (Lipinski definition) is 0. The molecule has 1 aromatic rings. The van der Waals surface area contributed by atoms with Crippen molar-refractivity contribution >= 4 is 5.91 Å². The molecule has 3 rings (SSSR count). The van der Waals surface area contributed by atoms with Crippen molar-refractivity contribution in [3.8, 4) is 5.75 Å². The number of ether oxygens (including phenoxy) is 3. The maximum Gasteiger partial charge on any atom is 0.248 e. The first-order valence-electron chi connectivity index (χ1n) is 7.60. The van der Waals surface area contributed by atoms with Crippen LogP contribution in [0.25, 0.3) is 0 Å². The average molecular weight is 309 g/mol. The minimum absolute atomic E-state index is 0.0618. The first-order chi connectivity index (χ1) is 10.7. The van der Waals surface area contributed by atoms with E-state index in [0.717, 1.165) is 19.4 Å². The van der Waals surface area contributed by atoms with Crippen molar-refractivity contribution in [2.75, 3.05) is 32.9 Å². The molecule has 6 heteroatoms. The largest absolute Gasteiger partial charge is 0.484 e. The van der Waals surface area contributed by atoms with Crippen molar-refractivity contribution in [1.82, 2.24) is 4.90 Å². The Morgan fingerprint density at radius 2 is 2.18 bits per heavy atom. The van der Waals surface area contributed by atoms with Crippen LogP contribution in [0.15, 0.2) is 24.3 Å². The Kier molecular flexibility index (Phi) is 4.90. The van der Waals surface area contributed by atoms with E-state index in [2.05, 4.69) is 0 Å². The third kappa shape index (κ3) is 3.75. The smallest absolute Gasteiger partial charge is 0.248 e. The number of hydrogen-bond acceptors (Lipinski definition) is 4. The molecule has 2 aliphatic heterocycles.